The molecule has 0 N–H and O–H groups in total. The number of rotatable bonds is 4. The number of hydroxylamine groups is 2. The van der Waals surface area contributed by atoms with E-state index < -0.39 is 11.9 Å². The van der Waals surface area contributed by atoms with E-state index in [9.17, 15) is 9.59 Å². The average Bonchev–Trinajstić information content (AvgIpc) is 2.28. The molecule has 0 heterocycles. The van der Waals surface area contributed by atoms with Gasteiger partial charge in [0.25, 0.3) is 0 Å². The van der Waals surface area contributed by atoms with Gasteiger partial charge in [0.05, 0.1) is 17.7 Å². The highest BCUT2D eigenvalue weighted by atomic mass is 16.7. The summed E-state index contributed by atoms with van der Waals surface area (Å²) in [4.78, 5) is 27.7. The van der Waals surface area contributed by atoms with Crippen molar-refractivity contribution in [2.45, 2.75) is 6.92 Å². The number of nitrogens with zero attached hydrogens (tertiary/aromatic N) is 1. The summed E-state index contributed by atoms with van der Waals surface area (Å²) in [6.45, 7) is 2.06. The van der Waals surface area contributed by atoms with Crippen LogP contribution in [0.15, 0.2) is 24.3 Å². The van der Waals surface area contributed by atoms with E-state index in [1.165, 1.54) is 29.3 Å². The lowest BCUT2D eigenvalue weighted by Crippen LogP contribution is -2.18. The van der Waals surface area contributed by atoms with Gasteiger partial charge in [0, 0.05) is 14.1 Å². The van der Waals surface area contributed by atoms with Gasteiger partial charge < -0.3 is 9.57 Å². The third kappa shape index (κ3) is 3.88. The standard InChI is InChI=1S/C12H15NO4/c1-4-16-11(14)9-5-7-10(8-6-9)12(15)17-13(2)3/h5-8H,4H2,1-3H3. The lowest BCUT2D eigenvalue weighted by Gasteiger charge is -2.09. The summed E-state index contributed by atoms with van der Waals surface area (Å²) in [6, 6.07) is 6.12. The van der Waals surface area contributed by atoms with Crippen molar-refractivity contribution >= 4 is 11.9 Å². The molecule has 0 radical (unpaired) electrons. The van der Waals surface area contributed by atoms with Crippen molar-refractivity contribution in [3.05, 3.63) is 35.4 Å². The number of ether oxygens (including phenoxy) is 1. The lowest BCUT2D eigenvalue weighted by atomic mass is 10.1. The van der Waals surface area contributed by atoms with Gasteiger partial charge in [-0.05, 0) is 31.2 Å². The van der Waals surface area contributed by atoms with Gasteiger partial charge >= 0.3 is 11.9 Å². The summed E-state index contributed by atoms with van der Waals surface area (Å²) in [5.74, 6) is -0.870. The second-order valence-corrected chi connectivity index (χ2v) is 3.49. The molecule has 1 rings (SSSR count). The summed E-state index contributed by atoms with van der Waals surface area (Å²) in [5.41, 5.74) is 0.792. The molecule has 0 amide bonds. The van der Waals surface area contributed by atoms with Gasteiger partial charge in [0.2, 0.25) is 0 Å². The minimum atomic E-state index is -0.467. The van der Waals surface area contributed by atoms with Crippen molar-refractivity contribution in [2.24, 2.45) is 0 Å². The summed E-state index contributed by atoms with van der Waals surface area (Å²) in [7, 11) is 3.23. The molecular formula is C12H15NO4. The first kappa shape index (κ1) is 13.2. The first-order valence-corrected chi connectivity index (χ1v) is 5.21. The molecule has 5 nitrogen and oxygen atoms in total. The van der Waals surface area contributed by atoms with Crippen molar-refractivity contribution in [1.82, 2.24) is 5.06 Å². The van der Waals surface area contributed by atoms with Crippen LogP contribution in [0.2, 0.25) is 0 Å². The van der Waals surface area contributed by atoms with Crippen molar-refractivity contribution in [1.29, 1.82) is 0 Å². The highest BCUT2D eigenvalue weighted by Crippen LogP contribution is 2.07. The molecule has 0 aliphatic heterocycles. The van der Waals surface area contributed by atoms with Crippen LogP contribution in [0.5, 0.6) is 0 Å². The first-order chi connectivity index (χ1) is 8.04. The van der Waals surface area contributed by atoms with Crippen LogP contribution in [0.3, 0.4) is 0 Å². The molecule has 0 unspecified atom stereocenters. The topological polar surface area (TPSA) is 55.8 Å². The quantitative estimate of drug-likeness (QED) is 0.586. The Labute approximate surface area is 99.9 Å². The van der Waals surface area contributed by atoms with Gasteiger partial charge in [-0.2, -0.15) is 0 Å². The van der Waals surface area contributed by atoms with Gasteiger partial charge in [0.15, 0.2) is 0 Å². The van der Waals surface area contributed by atoms with E-state index in [4.69, 9.17) is 9.57 Å². The van der Waals surface area contributed by atoms with Crippen LogP contribution < -0.4 is 0 Å². The van der Waals surface area contributed by atoms with Crippen LogP contribution in [0.1, 0.15) is 27.6 Å². The van der Waals surface area contributed by atoms with Crippen molar-refractivity contribution in [3.8, 4) is 0 Å². The fraction of sp³-hybridized carbons (Fsp3) is 0.333. The smallest absolute Gasteiger partial charge is 0.356 e. The highest BCUT2D eigenvalue weighted by Gasteiger charge is 2.11. The summed E-state index contributed by atoms with van der Waals surface area (Å²) >= 11 is 0. The monoisotopic (exact) mass is 237 g/mol. The number of carbonyl (C=O) groups is 2. The van der Waals surface area contributed by atoms with Crippen LogP contribution >= 0.6 is 0 Å². The Balaban J connectivity index is 2.74. The second kappa shape index (κ2) is 6.00. The first-order valence-electron chi connectivity index (χ1n) is 5.21. The SMILES string of the molecule is CCOC(=O)c1ccc(C(=O)ON(C)C)cc1. The molecule has 0 bridgehead atoms. The second-order valence-electron chi connectivity index (χ2n) is 3.49. The van der Waals surface area contributed by atoms with Crippen LogP contribution in [-0.4, -0.2) is 37.7 Å². The molecule has 1 aromatic carbocycles. The van der Waals surface area contributed by atoms with Crippen LogP contribution in [0, 0.1) is 0 Å². The molecule has 0 saturated carbocycles. The van der Waals surface area contributed by atoms with E-state index in [1.807, 2.05) is 0 Å². The molecule has 0 aromatic heterocycles. The maximum Gasteiger partial charge on any atom is 0.356 e. The maximum atomic E-state index is 11.5. The summed E-state index contributed by atoms with van der Waals surface area (Å²) in [5, 5.41) is 1.31. The zero-order chi connectivity index (χ0) is 12.8. The maximum absolute atomic E-state index is 11.5. The predicted molar refractivity (Wildman–Crippen MR) is 61.5 cm³/mol. The summed E-state index contributed by atoms with van der Waals surface area (Å²) < 4.78 is 4.83. The number of benzene rings is 1. The minimum Gasteiger partial charge on any atom is -0.462 e. The zero-order valence-corrected chi connectivity index (χ0v) is 10.1. The number of carbonyl (C=O) groups excluding carboxylic acids is 2. The van der Waals surface area contributed by atoms with E-state index >= 15 is 0 Å². The molecule has 1 aromatic rings. The number of hydrogen-bond acceptors (Lipinski definition) is 5. The molecule has 92 valence electrons. The van der Waals surface area contributed by atoms with Crippen LogP contribution in [0.25, 0.3) is 0 Å². The van der Waals surface area contributed by atoms with E-state index in [2.05, 4.69) is 0 Å². The molecule has 17 heavy (non-hydrogen) atoms. The lowest BCUT2D eigenvalue weighted by molar-refractivity contribution is -0.0713. The van der Waals surface area contributed by atoms with E-state index in [-0.39, 0.29) is 0 Å². The third-order valence-electron chi connectivity index (χ3n) is 1.90. The van der Waals surface area contributed by atoms with Gasteiger partial charge in [-0.3, -0.25) is 0 Å². The van der Waals surface area contributed by atoms with Crippen LogP contribution in [0.4, 0.5) is 0 Å². The Morgan fingerprint density at radius 3 is 1.94 bits per heavy atom. The Bertz CT molecular complexity index is 397. The number of esters is 1. The molecule has 5 heteroatoms. The van der Waals surface area contributed by atoms with Crippen molar-refractivity contribution in [2.75, 3.05) is 20.7 Å². The molecule has 0 aliphatic rings. The fourth-order valence-electron chi connectivity index (χ4n) is 1.18. The Morgan fingerprint density at radius 2 is 1.53 bits per heavy atom. The third-order valence-corrected chi connectivity index (χ3v) is 1.90. The zero-order valence-electron chi connectivity index (χ0n) is 10.1. The van der Waals surface area contributed by atoms with Gasteiger partial charge in [-0.1, -0.05) is 0 Å². The molecule has 0 fully saturated rings. The minimum absolute atomic E-state index is 0.323. The van der Waals surface area contributed by atoms with Gasteiger partial charge in [0.1, 0.15) is 0 Å². The number of hydrogen-bond donors (Lipinski definition) is 0. The molecular weight excluding hydrogens is 222 g/mol. The fourth-order valence-corrected chi connectivity index (χ4v) is 1.18. The van der Waals surface area contributed by atoms with Crippen LogP contribution in [-0.2, 0) is 9.57 Å². The molecule has 0 aliphatic carbocycles. The van der Waals surface area contributed by atoms with E-state index in [1.54, 1.807) is 21.0 Å². The predicted octanol–water partition coefficient (Wildman–Crippen LogP) is 1.50. The normalized spacial score (nSPS) is 10.1. The van der Waals surface area contributed by atoms with Gasteiger partial charge in [-0.15, -0.1) is 5.06 Å². The largest absolute Gasteiger partial charge is 0.462 e. The molecule has 0 atom stereocenters. The van der Waals surface area contributed by atoms with E-state index in [0.29, 0.717) is 17.7 Å². The Hall–Kier alpha value is -1.88. The highest BCUT2D eigenvalue weighted by molar-refractivity contribution is 5.93. The van der Waals surface area contributed by atoms with Gasteiger partial charge in [-0.25, -0.2) is 9.59 Å². The molecule has 0 spiro atoms. The Morgan fingerprint density at radius 1 is 1.06 bits per heavy atom. The summed E-state index contributed by atoms with van der Waals surface area (Å²) in [6.07, 6.45) is 0. The average molecular weight is 237 g/mol. The Kier molecular flexibility index (Phi) is 4.66. The van der Waals surface area contributed by atoms with Crippen molar-refractivity contribution in [3.63, 3.8) is 0 Å². The van der Waals surface area contributed by atoms with Crippen molar-refractivity contribution < 1.29 is 19.2 Å². The molecule has 0 saturated heterocycles. The van der Waals surface area contributed by atoms with E-state index in [0.717, 1.165) is 0 Å².